The van der Waals surface area contributed by atoms with Crippen LogP contribution in [0.2, 0.25) is 0 Å². The number of nitrogens with one attached hydrogen (secondary N) is 1. The molecular formula is C24H26N2O2S2. The first-order valence-electron chi connectivity index (χ1n) is 10.4. The van der Waals surface area contributed by atoms with Crippen LogP contribution >= 0.6 is 22.7 Å². The number of rotatable bonds is 7. The summed E-state index contributed by atoms with van der Waals surface area (Å²) in [5.41, 5.74) is 2.67. The normalized spacial score (nSPS) is 15.1. The summed E-state index contributed by atoms with van der Waals surface area (Å²) < 4.78 is 0. The second-order valence-corrected chi connectivity index (χ2v) is 9.62. The van der Waals surface area contributed by atoms with Gasteiger partial charge < -0.3 is 5.32 Å². The van der Waals surface area contributed by atoms with Gasteiger partial charge in [-0.15, -0.1) is 11.3 Å². The van der Waals surface area contributed by atoms with Crippen molar-refractivity contribution in [2.24, 2.45) is 0 Å². The SMILES string of the molecule is Cc1cccc(N(C(=O)Cc2cccs2)[C@H](C(=O)NC2CCCC2)c2ccsc2)c1. The van der Waals surface area contributed by atoms with Gasteiger partial charge in [0.1, 0.15) is 6.04 Å². The second kappa shape index (κ2) is 9.58. The van der Waals surface area contributed by atoms with Gasteiger partial charge in [-0.3, -0.25) is 14.5 Å². The largest absolute Gasteiger partial charge is 0.351 e. The average molecular weight is 439 g/mol. The third kappa shape index (κ3) is 4.82. The fourth-order valence-electron chi connectivity index (χ4n) is 4.06. The van der Waals surface area contributed by atoms with Crippen LogP contribution < -0.4 is 10.2 Å². The maximum atomic E-state index is 13.6. The zero-order valence-electron chi connectivity index (χ0n) is 17.0. The van der Waals surface area contributed by atoms with Gasteiger partial charge in [-0.1, -0.05) is 31.0 Å². The number of amides is 2. The first-order chi connectivity index (χ1) is 14.6. The predicted molar refractivity (Wildman–Crippen MR) is 124 cm³/mol. The summed E-state index contributed by atoms with van der Waals surface area (Å²) >= 11 is 3.11. The fourth-order valence-corrected chi connectivity index (χ4v) is 5.44. The Morgan fingerprint density at radius 2 is 1.97 bits per heavy atom. The molecule has 1 aromatic carbocycles. The number of hydrogen-bond acceptors (Lipinski definition) is 4. The first-order valence-corrected chi connectivity index (χ1v) is 12.2. The number of anilines is 1. The van der Waals surface area contributed by atoms with Crippen LogP contribution in [0.25, 0.3) is 0 Å². The molecule has 0 saturated heterocycles. The van der Waals surface area contributed by atoms with Crippen LogP contribution in [0.1, 0.15) is 47.7 Å². The van der Waals surface area contributed by atoms with Crippen LogP contribution in [0.3, 0.4) is 0 Å². The smallest absolute Gasteiger partial charge is 0.248 e. The van der Waals surface area contributed by atoms with Crippen LogP contribution in [-0.4, -0.2) is 17.9 Å². The summed E-state index contributed by atoms with van der Waals surface area (Å²) in [4.78, 5) is 29.8. The number of benzene rings is 1. The van der Waals surface area contributed by atoms with Crippen LogP contribution in [0.4, 0.5) is 5.69 Å². The molecule has 2 heterocycles. The maximum absolute atomic E-state index is 13.6. The van der Waals surface area contributed by atoms with Crippen molar-refractivity contribution in [1.82, 2.24) is 5.32 Å². The van der Waals surface area contributed by atoms with E-state index in [1.54, 1.807) is 27.6 Å². The van der Waals surface area contributed by atoms with E-state index in [-0.39, 0.29) is 24.3 Å². The zero-order valence-corrected chi connectivity index (χ0v) is 18.7. The summed E-state index contributed by atoms with van der Waals surface area (Å²) in [6.07, 6.45) is 4.59. The Hall–Kier alpha value is -2.44. The van der Waals surface area contributed by atoms with E-state index in [0.29, 0.717) is 0 Å². The van der Waals surface area contributed by atoms with E-state index in [4.69, 9.17) is 0 Å². The molecule has 2 amide bonds. The quantitative estimate of drug-likeness (QED) is 0.530. The lowest BCUT2D eigenvalue weighted by atomic mass is 10.0. The Labute approximate surface area is 185 Å². The lowest BCUT2D eigenvalue weighted by Crippen LogP contribution is -2.46. The van der Waals surface area contributed by atoms with Gasteiger partial charge in [0.2, 0.25) is 11.8 Å². The summed E-state index contributed by atoms with van der Waals surface area (Å²) in [6.45, 7) is 2.00. The van der Waals surface area contributed by atoms with Crippen LogP contribution in [0.5, 0.6) is 0 Å². The number of nitrogens with zero attached hydrogens (tertiary/aromatic N) is 1. The molecule has 3 aromatic rings. The van der Waals surface area contributed by atoms with Crippen molar-refractivity contribution in [3.63, 3.8) is 0 Å². The minimum atomic E-state index is -0.675. The molecule has 0 spiro atoms. The van der Waals surface area contributed by atoms with E-state index in [1.165, 1.54) is 0 Å². The maximum Gasteiger partial charge on any atom is 0.248 e. The van der Waals surface area contributed by atoms with Gasteiger partial charge in [-0.05, 0) is 71.3 Å². The summed E-state index contributed by atoms with van der Waals surface area (Å²) in [5.74, 6) is -0.165. The van der Waals surface area contributed by atoms with Crippen molar-refractivity contribution in [3.8, 4) is 0 Å². The van der Waals surface area contributed by atoms with Crippen molar-refractivity contribution in [2.75, 3.05) is 4.90 Å². The van der Waals surface area contributed by atoms with Gasteiger partial charge in [0.05, 0.1) is 6.42 Å². The highest BCUT2D eigenvalue weighted by Gasteiger charge is 2.34. The van der Waals surface area contributed by atoms with E-state index >= 15 is 0 Å². The molecule has 0 bridgehead atoms. The molecule has 1 aliphatic rings. The Morgan fingerprint density at radius 1 is 1.13 bits per heavy atom. The topological polar surface area (TPSA) is 49.4 Å². The molecule has 1 saturated carbocycles. The molecule has 156 valence electrons. The Kier molecular flexibility index (Phi) is 6.65. The lowest BCUT2D eigenvalue weighted by Gasteiger charge is -2.32. The molecule has 0 aliphatic heterocycles. The molecule has 6 heteroatoms. The molecule has 0 unspecified atom stereocenters. The minimum Gasteiger partial charge on any atom is -0.351 e. The number of hydrogen-bond donors (Lipinski definition) is 1. The van der Waals surface area contributed by atoms with Gasteiger partial charge in [0.25, 0.3) is 0 Å². The van der Waals surface area contributed by atoms with Gasteiger partial charge in [-0.25, -0.2) is 0 Å². The molecule has 30 heavy (non-hydrogen) atoms. The summed E-state index contributed by atoms with van der Waals surface area (Å²) in [6, 6.07) is 13.2. The molecule has 0 radical (unpaired) electrons. The third-order valence-corrected chi connectivity index (χ3v) is 7.10. The highest BCUT2D eigenvalue weighted by molar-refractivity contribution is 7.10. The number of aryl methyl sites for hydroxylation is 1. The molecule has 1 fully saturated rings. The molecule has 1 N–H and O–H groups in total. The molecule has 1 atom stereocenters. The second-order valence-electron chi connectivity index (χ2n) is 7.81. The van der Waals surface area contributed by atoms with Gasteiger partial charge in [0, 0.05) is 16.6 Å². The van der Waals surface area contributed by atoms with Crippen molar-refractivity contribution in [3.05, 3.63) is 74.6 Å². The summed E-state index contributed by atoms with van der Waals surface area (Å²) in [5, 5.41) is 9.13. The van der Waals surface area contributed by atoms with E-state index in [1.807, 2.05) is 65.5 Å². The van der Waals surface area contributed by atoms with E-state index in [9.17, 15) is 9.59 Å². The summed E-state index contributed by atoms with van der Waals surface area (Å²) in [7, 11) is 0. The zero-order chi connectivity index (χ0) is 20.9. The predicted octanol–water partition coefficient (Wildman–Crippen LogP) is 5.49. The third-order valence-electron chi connectivity index (χ3n) is 5.52. The number of carbonyl (C=O) groups is 2. The fraction of sp³-hybridized carbons (Fsp3) is 0.333. The van der Waals surface area contributed by atoms with Gasteiger partial charge >= 0.3 is 0 Å². The van der Waals surface area contributed by atoms with Crippen molar-refractivity contribution < 1.29 is 9.59 Å². The van der Waals surface area contributed by atoms with E-state index in [2.05, 4.69) is 5.32 Å². The molecule has 4 rings (SSSR count). The van der Waals surface area contributed by atoms with Crippen LogP contribution in [0.15, 0.2) is 58.6 Å². The Bertz CT molecular complexity index is 977. The average Bonchev–Trinajstić information content (AvgIpc) is 3.49. The van der Waals surface area contributed by atoms with Gasteiger partial charge in [0.15, 0.2) is 0 Å². The van der Waals surface area contributed by atoms with Crippen molar-refractivity contribution in [2.45, 2.75) is 51.1 Å². The highest BCUT2D eigenvalue weighted by Crippen LogP contribution is 2.31. The Morgan fingerprint density at radius 3 is 2.63 bits per heavy atom. The first kappa shape index (κ1) is 20.8. The van der Waals surface area contributed by atoms with Crippen molar-refractivity contribution >= 4 is 40.2 Å². The van der Waals surface area contributed by atoms with Crippen LogP contribution in [0, 0.1) is 6.92 Å². The van der Waals surface area contributed by atoms with E-state index in [0.717, 1.165) is 47.4 Å². The molecular weight excluding hydrogens is 412 g/mol. The van der Waals surface area contributed by atoms with E-state index < -0.39 is 6.04 Å². The minimum absolute atomic E-state index is 0.0687. The lowest BCUT2D eigenvalue weighted by molar-refractivity contribution is -0.126. The molecule has 1 aliphatic carbocycles. The Balaban J connectivity index is 1.71. The molecule has 4 nitrogen and oxygen atoms in total. The standard InChI is InChI=1S/C24H26N2O2S2/c1-17-6-4-9-20(14-17)26(22(27)15-21-10-5-12-30-21)23(18-11-13-29-16-18)24(28)25-19-7-2-3-8-19/h4-6,9-14,16,19,23H,2-3,7-8,15H2,1H3,(H,25,28)/t23-/m0/s1. The van der Waals surface area contributed by atoms with Crippen LogP contribution in [-0.2, 0) is 16.0 Å². The van der Waals surface area contributed by atoms with Crippen molar-refractivity contribution in [1.29, 1.82) is 0 Å². The number of carbonyl (C=O) groups excluding carboxylic acids is 2. The molecule has 2 aromatic heterocycles. The number of thiophene rings is 2. The monoisotopic (exact) mass is 438 g/mol. The highest BCUT2D eigenvalue weighted by atomic mass is 32.1. The van der Waals surface area contributed by atoms with Gasteiger partial charge in [-0.2, -0.15) is 11.3 Å².